The predicted molar refractivity (Wildman–Crippen MR) is 135 cm³/mol. The lowest BCUT2D eigenvalue weighted by Crippen LogP contribution is -2.57. The molecule has 2 saturated carbocycles. The topological polar surface area (TPSA) is 72.9 Å². The Balaban J connectivity index is 1.42. The highest BCUT2D eigenvalue weighted by Gasteiger charge is 2.54. The molecule has 2 aliphatic carbocycles. The summed E-state index contributed by atoms with van der Waals surface area (Å²) in [6.07, 6.45) is 8.35. The van der Waals surface area contributed by atoms with Crippen LogP contribution in [-0.2, 0) is 15.4 Å². The Kier molecular flexibility index (Phi) is 6.25. The van der Waals surface area contributed by atoms with Crippen LogP contribution >= 0.6 is 0 Å². The van der Waals surface area contributed by atoms with E-state index in [9.17, 15) is 13.5 Å². The molecule has 3 aliphatic rings. The van der Waals surface area contributed by atoms with Crippen LogP contribution in [0.1, 0.15) is 50.5 Å². The molecule has 1 atom stereocenters. The van der Waals surface area contributed by atoms with Crippen molar-refractivity contribution >= 4 is 15.5 Å². The van der Waals surface area contributed by atoms with Crippen LogP contribution in [0, 0.1) is 5.92 Å². The molecule has 2 N–H and O–H groups in total. The van der Waals surface area contributed by atoms with E-state index in [1.165, 1.54) is 31.1 Å². The zero-order valence-electron chi connectivity index (χ0n) is 20.3. The minimum absolute atomic E-state index is 0.0375. The van der Waals surface area contributed by atoms with Gasteiger partial charge in [0.1, 0.15) is 0 Å². The standard InChI is InChI=1S/C27H37N3O3S/c1-28-27(22-9-4-3-5-10-22)17-15-26(16-18-27)20-29(25(31)30(26)19-21-7-6-8-21)23-11-13-24(14-12-23)34(2,32)33/h3-5,9-14,21,25,28,31H,6-8,15-20H2,1-2H3/t25?,26-,27+. The van der Waals surface area contributed by atoms with Crippen molar-refractivity contribution < 1.29 is 13.5 Å². The highest BCUT2D eigenvalue weighted by molar-refractivity contribution is 7.90. The van der Waals surface area contributed by atoms with E-state index in [4.69, 9.17) is 0 Å². The summed E-state index contributed by atoms with van der Waals surface area (Å²) < 4.78 is 23.8. The monoisotopic (exact) mass is 483 g/mol. The smallest absolute Gasteiger partial charge is 0.187 e. The Labute approximate surface area is 203 Å². The number of sulfone groups is 1. The number of benzene rings is 2. The molecule has 2 aromatic rings. The maximum atomic E-state index is 11.9. The molecule has 0 radical (unpaired) electrons. The van der Waals surface area contributed by atoms with E-state index < -0.39 is 16.2 Å². The van der Waals surface area contributed by atoms with E-state index in [0.717, 1.165) is 44.5 Å². The van der Waals surface area contributed by atoms with Crippen molar-refractivity contribution in [1.29, 1.82) is 0 Å². The normalized spacial score (nSPS) is 30.6. The maximum absolute atomic E-state index is 11.9. The van der Waals surface area contributed by atoms with Gasteiger partial charge in [-0.1, -0.05) is 36.8 Å². The molecule has 7 heteroatoms. The molecule has 184 valence electrons. The Morgan fingerprint density at radius 3 is 2.18 bits per heavy atom. The first kappa shape index (κ1) is 23.8. The first-order valence-electron chi connectivity index (χ1n) is 12.5. The minimum Gasteiger partial charge on any atom is -0.361 e. The molecule has 1 spiro atoms. The molecule has 1 unspecified atom stereocenters. The summed E-state index contributed by atoms with van der Waals surface area (Å²) in [5.41, 5.74) is 2.10. The number of nitrogens with zero attached hydrogens (tertiary/aromatic N) is 2. The van der Waals surface area contributed by atoms with E-state index in [-0.39, 0.29) is 11.1 Å². The number of hydrogen-bond donors (Lipinski definition) is 2. The summed E-state index contributed by atoms with van der Waals surface area (Å²) in [5, 5.41) is 15.2. The lowest BCUT2D eigenvalue weighted by molar-refractivity contribution is -0.0562. The average Bonchev–Trinajstić information content (AvgIpc) is 3.08. The van der Waals surface area contributed by atoms with Crippen molar-refractivity contribution in [2.24, 2.45) is 5.92 Å². The number of anilines is 1. The van der Waals surface area contributed by atoms with E-state index in [2.05, 4.69) is 52.5 Å². The quantitative estimate of drug-likeness (QED) is 0.653. The molecule has 5 rings (SSSR count). The molecule has 0 aromatic heterocycles. The van der Waals surface area contributed by atoms with Gasteiger partial charge in [0, 0.05) is 36.1 Å². The number of nitrogens with one attached hydrogen (secondary N) is 1. The van der Waals surface area contributed by atoms with Crippen molar-refractivity contribution in [1.82, 2.24) is 10.2 Å². The highest BCUT2D eigenvalue weighted by atomic mass is 32.2. The lowest BCUT2D eigenvalue weighted by Gasteiger charge is -2.49. The molecule has 1 heterocycles. The number of rotatable bonds is 6. The van der Waals surface area contributed by atoms with Crippen LogP contribution in [-0.4, -0.2) is 56.7 Å². The summed E-state index contributed by atoms with van der Waals surface area (Å²) in [7, 11) is -1.18. The Bertz CT molecular complexity index is 1090. The second kappa shape index (κ2) is 8.94. The highest BCUT2D eigenvalue weighted by Crippen LogP contribution is 2.49. The second-order valence-corrected chi connectivity index (χ2v) is 12.6. The molecule has 34 heavy (non-hydrogen) atoms. The summed E-state index contributed by atoms with van der Waals surface area (Å²) in [6, 6.07) is 17.7. The molecule has 6 nitrogen and oxygen atoms in total. The summed E-state index contributed by atoms with van der Waals surface area (Å²) in [6.45, 7) is 1.69. The molecule has 0 amide bonds. The zero-order valence-corrected chi connectivity index (χ0v) is 21.1. The van der Waals surface area contributed by atoms with Crippen molar-refractivity contribution in [3.63, 3.8) is 0 Å². The van der Waals surface area contributed by atoms with Gasteiger partial charge in [0.2, 0.25) is 0 Å². The second-order valence-electron chi connectivity index (χ2n) is 10.6. The molecular weight excluding hydrogens is 446 g/mol. The van der Waals surface area contributed by atoms with Gasteiger partial charge in [0.15, 0.2) is 16.2 Å². The van der Waals surface area contributed by atoms with E-state index in [0.29, 0.717) is 10.8 Å². The van der Waals surface area contributed by atoms with Gasteiger partial charge in [-0.15, -0.1) is 0 Å². The third kappa shape index (κ3) is 4.17. The fourth-order valence-corrected chi connectivity index (χ4v) is 6.91. The third-order valence-corrected chi connectivity index (χ3v) is 9.88. The van der Waals surface area contributed by atoms with E-state index in [1.54, 1.807) is 12.1 Å². The van der Waals surface area contributed by atoms with Gasteiger partial charge in [-0.3, -0.25) is 4.90 Å². The SMILES string of the molecule is CN[C@]1(c2ccccc2)CC[C@]2(CC1)CN(c1ccc(S(C)(=O)=O)cc1)C(O)N2CC1CCC1. The van der Waals surface area contributed by atoms with Crippen molar-refractivity contribution in [3.05, 3.63) is 60.2 Å². The van der Waals surface area contributed by atoms with Crippen LogP contribution in [0.2, 0.25) is 0 Å². The molecule has 2 aromatic carbocycles. The summed E-state index contributed by atoms with van der Waals surface area (Å²) >= 11 is 0. The van der Waals surface area contributed by atoms with Gasteiger partial charge in [-0.25, -0.2) is 8.42 Å². The van der Waals surface area contributed by atoms with Gasteiger partial charge < -0.3 is 15.3 Å². The van der Waals surface area contributed by atoms with Crippen molar-refractivity contribution in [3.8, 4) is 0 Å². The minimum atomic E-state index is -3.25. The fraction of sp³-hybridized carbons (Fsp3) is 0.556. The summed E-state index contributed by atoms with van der Waals surface area (Å²) in [5.74, 6) is 0.657. The number of aliphatic hydroxyl groups excluding tert-OH is 1. The number of aliphatic hydroxyl groups is 1. The average molecular weight is 484 g/mol. The first-order chi connectivity index (χ1) is 16.3. The van der Waals surface area contributed by atoms with Crippen molar-refractivity contribution in [2.75, 3.05) is 31.3 Å². The number of hydrogen-bond acceptors (Lipinski definition) is 6. The molecule has 1 saturated heterocycles. The van der Waals surface area contributed by atoms with Crippen molar-refractivity contribution in [2.45, 2.75) is 67.3 Å². The Hall–Kier alpha value is -1.93. The fourth-order valence-electron chi connectivity index (χ4n) is 6.28. The zero-order chi connectivity index (χ0) is 24.0. The molecule has 0 bridgehead atoms. The van der Waals surface area contributed by atoms with Gasteiger partial charge >= 0.3 is 0 Å². The van der Waals surface area contributed by atoms with Gasteiger partial charge in [-0.05, 0) is 81.3 Å². The molecular formula is C27H37N3O3S. The van der Waals surface area contributed by atoms with Crippen LogP contribution in [0.15, 0.2) is 59.5 Å². The molecule has 3 fully saturated rings. The van der Waals surface area contributed by atoms with E-state index in [1.807, 2.05) is 12.1 Å². The van der Waals surface area contributed by atoms with Crippen LogP contribution in [0.25, 0.3) is 0 Å². The van der Waals surface area contributed by atoms with E-state index >= 15 is 0 Å². The van der Waals surface area contributed by atoms with Crippen LogP contribution in [0.5, 0.6) is 0 Å². The Morgan fingerprint density at radius 1 is 1.00 bits per heavy atom. The predicted octanol–water partition coefficient (Wildman–Crippen LogP) is 3.72. The van der Waals surface area contributed by atoms with Gasteiger partial charge in [0.25, 0.3) is 0 Å². The summed E-state index contributed by atoms with van der Waals surface area (Å²) in [4.78, 5) is 4.75. The Morgan fingerprint density at radius 2 is 1.65 bits per heavy atom. The largest absolute Gasteiger partial charge is 0.361 e. The lowest BCUT2D eigenvalue weighted by atomic mass is 9.68. The van der Waals surface area contributed by atoms with Gasteiger partial charge in [-0.2, -0.15) is 0 Å². The molecule has 1 aliphatic heterocycles. The van der Waals surface area contributed by atoms with Crippen LogP contribution in [0.3, 0.4) is 0 Å². The third-order valence-electron chi connectivity index (χ3n) is 8.75. The first-order valence-corrected chi connectivity index (χ1v) is 14.4. The van der Waals surface area contributed by atoms with Gasteiger partial charge in [0.05, 0.1) is 4.90 Å². The van der Waals surface area contributed by atoms with Crippen LogP contribution in [0.4, 0.5) is 5.69 Å². The maximum Gasteiger partial charge on any atom is 0.187 e. The van der Waals surface area contributed by atoms with Crippen LogP contribution < -0.4 is 10.2 Å².